The van der Waals surface area contributed by atoms with Crippen LogP contribution in [0.2, 0.25) is 0 Å². The Labute approximate surface area is 93.8 Å². The minimum atomic E-state index is -1.17. The van der Waals surface area contributed by atoms with Crippen molar-refractivity contribution in [1.29, 1.82) is 0 Å². The van der Waals surface area contributed by atoms with Crippen LogP contribution < -0.4 is 10.6 Å². The molecule has 0 fully saturated rings. The third-order valence-corrected chi connectivity index (χ3v) is 2.34. The van der Waals surface area contributed by atoms with Crippen molar-refractivity contribution in [3.63, 3.8) is 0 Å². The minimum absolute atomic E-state index is 0.174. The summed E-state index contributed by atoms with van der Waals surface area (Å²) in [6.07, 6.45) is 0. The molecule has 0 unspecified atom stereocenters. The van der Waals surface area contributed by atoms with Gasteiger partial charge in [-0.05, 0) is 20.9 Å². The number of hydrogen-bond acceptors (Lipinski definition) is 4. The molecule has 0 saturated carbocycles. The number of carbonyl (C=O) groups is 3. The van der Waals surface area contributed by atoms with Gasteiger partial charge in [-0.2, -0.15) is 0 Å². The van der Waals surface area contributed by atoms with Crippen molar-refractivity contribution in [2.45, 2.75) is 19.4 Å². The molecule has 3 N–H and O–H groups in total. The van der Waals surface area contributed by atoms with E-state index >= 15 is 0 Å². The Balaban J connectivity index is 4.35. The minimum Gasteiger partial charge on any atom is -0.480 e. The third-order valence-electron chi connectivity index (χ3n) is 2.34. The van der Waals surface area contributed by atoms with Crippen molar-refractivity contribution in [3.05, 3.63) is 0 Å². The summed E-state index contributed by atoms with van der Waals surface area (Å²) in [5, 5.41) is 13.2. The van der Waals surface area contributed by atoms with E-state index in [0.29, 0.717) is 0 Å². The molecule has 0 aromatic heterocycles. The van der Waals surface area contributed by atoms with E-state index in [1.807, 2.05) is 5.32 Å². The number of nitrogens with one attached hydrogen (secondary N) is 2. The fourth-order valence-corrected chi connectivity index (χ4v) is 0.805. The van der Waals surface area contributed by atoms with Crippen molar-refractivity contribution in [2.75, 3.05) is 20.6 Å². The van der Waals surface area contributed by atoms with E-state index in [2.05, 4.69) is 5.32 Å². The highest BCUT2D eigenvalue weighted by Gasteiger charge is 2.33. The number of urea groups is 1. The van der Waals surface area contributed by atoms with Gasteiger partial charge in [-0.15, -0.1) is 0 Å². The van der Waals surface area contributed by atoms with Crippen LogP contribution in [0.4, 0.5) is 4.79 Å². The molecule has 0 bridgehead atoms. The van der Waals surface area contributed by atoms with Crippen LogP contribution in [0.25, 0.3) is 0 Å². The van der Waals surface area contributed by atoms with Crippen LogP contribution in [-0.2, 0) is 9.59 Å². The van der Waals surface area contributed by atoms with Gasteiger partial charge in [0.2, 0.25) is 5.91 Å². The predicted octanol–water partition coefficient (Wildman–Crippen LogP) is -0.763. The maximum atomic E-state index is 11.3. The van der Waals surface area contributed by atoms with Crippen LogP contribution in [0, 0.1) is 0 Å². The lowest BCUT2D eigenvalue weighted by molar-refractivity contribution is -0.149. The van der Waals surface area contributed by atoms with E-state index in [1.165, 1.54) is 32.8 Å². The van der Waals surface area contributed by atoms with Gasteiger partial charge >= 0.3 is 12.0 Å². The molecule has 0 spiro atoms. The molecule has 16 heavy (non-hydrogen) atoms. The molecule has 0 heterocycles. The van der Waals surface area contributed by atoms with Gasteiger partial charge in [0.05, 0.1) is 6.54 Å². The summed E-state index contributed by atoms with van der Waals surface area (Å²) in [5.74, 6) is -1.60. The Morgan fingerprint density at radius 1 is 1.31 bits per heavy atom. The monoisotopic (exact) mass is 231 g/mol. The molecule has 0 radical (unpaired) electrons. The predicted molar refractivity (Wildman–Crippen MR) is 56.9 cm³/mol. The standard InChI is InChI=1S/C9H17N3O4/c1-9(2,7(14)15)12(4)5-6(13)11-8(16)10-3/h5H2,1-4H3,(H,14,15)(H2,10,11,13,16). The number of imide groups is 1. The molecule has 7 nitrogen and oxygen atoms in total. The molecule has 0 atom stereocenters. The number of carboxylic acids is 1. The molecule has 0 aliphatic heterocycles. The van der Waals surface area contributed by atoms with Crippen molar-refractivity contribution in [1.82, 2.24) is 15.5 Å². The van der Waals surface area contributed by atoms with Gasteiger partial charge in [0, 0.05) is 7.05 Å². The second-order valence-corrected chi connectivity index (χ2v) is 3.85. The number of carbonyl (C=O) groups excluding carboxylic acids is 2. The van der Waals surface area contributed by atoms with Crippen LogP contribution in [0.15, 0.2) is 0 Å². The number of nitrogens with zero attached hydrogens (tertiary/aromatic N) is 1. The van der Waals surface area contributed by atoms with Crippen molar-refractivity contribution >= 4 is 17.9 Å². The Kier molecular flexibility index (Phi) is 4.90. The number of hydrogen-bond donors (Lipinski definition) is 3. The Morgan fingerprint density at radius 3 is 2.19 bits per heavy atom. The van der Waals surface area contributed by atoms with Crippen LogP contribution >= 0.6 is 0 Å². The molecule has 0 rings (SSSR count). The first kappa shape index (κ1) is 14.4. The molecule has 0 aromatic carbocycles. The van der Waals surface area contributed by atoms with Crippen molar-refractivity contribution in [2.24, 2.45) is 0 Å². The molecule has 3 amide bonds. The summed E-state index contributed by atoms with van der Waals surface area (Å²) < 4.78 is 0. The zero-order valence-electron chi connectivity index (χ0n) is 9.83. The SMILES string of the molecule is CNC(=O)NC(=O)CN(C)C(C)(C)C(=O)O. The lowest BCUT2D eigenvalue weighted by Gasteiger charge is -2.30. The van der Waals surface area contributed by atoms with E-state index in [4.69, 9.17) is 5.11 Å². The number of amides is 3. The van der Waals surface area contributed by atoms with E-state index < -0.39 is 23.4 Å². The molecule has 0 aromatic rings. The molecular formula is C9H17N3O4. The lowest BCUT2D eigenvalue weighted by Crippen LogP contribution is -2.52. The summed E-state index contributed by atoms with van der Waals surface area (Å²) in [4.78, 5) is 34.3. The second kappa shape index (κ2) is 5.45. The van der Waals surface area contributed by atoms with Gasteiger partial charge in [-0.1, -0.05) is 0 Å². The maximum Gasteiger partial charge on any atom is 0.323 e. The molecule has 0 aliphatic rings. The number of rotatable bonds is 4. The maximum absolute atomic E-state index is 11.3. The number of carboxylic acid groups (broad SMARTS) is 1. The van der Waals surface area contributed by atoms with Gasteiger partial charge in [0.15, 0.2) is 0 Å². The highest BCUT2D eigenvalue weighted by molar-refractivity contribution is 5.95. The zero-order valence-corrected chi connectivity index (χ0v) is 9.83. The summed E-state index contributed by atoms with van der Waals surface area (Å²) in [6, 6.07) is -0.619. The first-order chi connectivity index (χ1) is 7.21. The normalized spacial score (nSPS) is 11.1. The lowest BCUT2D eigenvalue weighted by atomic mass is 10.0. The van der Waals surface area contributed by atoms with E-state index in [0.717, 1.165) is 0 Å². The van der Waals surface area contributed by atoms with Crippen LogP contribution in [0.5, 0.6) is 0 Å². The smallest absolute Gasteiger partial charge is 0.323 e. The summed E-state index contributed by atoms with van der Waals surface area (Å²) in [5.41, 5.74) is -1.17. The molecule has 0 aliphatic carbocycles. The van der Waals surface area contributed by atoms with Gasteiger partial charge in [0.25, 0.3) is 0 Å². The van der Waals surface area contributed by atoms with E-state index in [-0.39, 0.29) is 6.54 Å². The highest BCUT2D eigenvalue weighted by atomic mass is 16.4. The number of aliphatic carboxylic acids is 1. The van der Waals surface area contributed by atoms with E-state index in [1.54, 1.807) is 0 Å². The topological polar surface area (TPSA) is 98.7 Å². The first-order valence-corrected chi connectivity index (χ1v) is 4.68. The summed E-state index contributed by atoms with van der Waals surface area (Å²) in [6.45, 7) is 2.78. The van der Waals surface area contributed by atoms with Crippen molar-refractivity contribution in [3.8, 4) is 0 Å². The fourth-order valence-electron chi connectivity index (χ4n) is 0.805. The van der Waals surface area contributed by atoms with Gasteiger partial charge < -0.3 is 10.4 Å². The second-order valence-electron chi connectivity index (χ2n) is 3.85. The Hall–Kier alpha value is -1.63. The average Bonchev–Trinajstić information content (AvgIpc) is 2.16. The van der Waals surface area contributed by atoms with Gasteiger partial charge in [0.1, 0.15) is 5.54 Å². The molecule has 7 heteroatoms. The summed E-state index contributed by atoms with van der Waals surface area (Å²) >= 11 is 0. The quantitative estimate of drug-likeness (QED) is 0.590. The largest absolute Gasteiger partial charge is 0.480 e. The fraction of sp³-hybridized carbons (Fsp3) is 0.667. The van der Waals surface area contributed by atoms with Gasteiger partial charge in [-0.25, -0.2) is 4.79 Å². The zero-order chi connectivity index (χ0) is 12.9. The van der Waals surface area contributed by atoms with Crippen LogP contribution in [0.1, 0.15) is 13.8 Å². The molecular weight excluding hydrogens is 214 g/mol. The van der Waals surface area contributed by atoms with Crippen LogP contribution in [-0.4, -0.2) is 54.1 Å². The highest BCUT2D eigenvalue weighted by Crippen LogP contribution is 2.11. The first-order valence-electron chi connectivity index (χ1n) is 4.68. The van der Waals surface area contributed by atoms with Gasteiger partial charge in [-0.3, -0.25) is 19.8 Å². The summed E-state index contributed by atoms with van der Waals surface area (Å²) in [7, 11) is 2.88. The third kappa shape index (κ3) is 3.85. The van der Waals surface area contributed by atoms with E-state index in [9.17, 15) is 14.4 Å². The van der Waals surface area contributed by atoms with Crippen molar-refractivity contribution < 1.29 is 19.5 Å². The Morgan fingerprint density at radius 2 is 1.81 bits per heavy atom. The Bertz CT molecular complexity index is 301. The molecule has 0 saturated heterocycles. The number of likely N-dealkylation sites (N-methyl/N-ethyl adjacent to an activating group) is 1. The van der Waals surface area contributed by atoms with Crippen LogP contribution in [0.3, 0.4) is 0 Å². The molecule has 92 valence electrons. The average molecular weight is 231 g/mol.